The molecule has 0 atom stereocenters. The average Bonchev–Trinajstić information content (AvgIpc) is 2.61. The van der Waals surface area contributed by atoms with Gasteiger partial charge >= 0.3 is 11.8 Å². The second kappa shape index (κ2) is 8.98. The Morgan fingerprint density at radius 1 is 1.00 bits per heavy atom. The number of hydrogen-bond acceptors (Lipinski definition) is 4. The molecule has 0 saturated carbocycles. The largest absolute Gasteiger partial charge is 0.489 e. The Balaban J connectivity index is 1.82. The van der Waals surface area contributed by atoms with E-state index in [-0.39, 0.29) is 0 Å². The van der Waals surface area contributed by atoms with E-state index in [1.54, 1.807) is 20.8 Å². The van der Waals surface area contributed by atoms with Crippen LogP contribution in [0.25, 0.3) is 0 Å². The molecule has 0 unspecified atom stereocenters. The predicted octanol–water partition coefficient (Wildman–Crippen LogP) is 2.94. The van der Waals surface area contributed by atoms with Gasteiger partial charge in [-0.05, 0) is 63.1 Å². The number of carbonyl (C=O) groups is 2. The minimum absolute atomic E-state index is 0.480. The number of aryl methyl sites for hydroxylation is 1. The minimum atomic E-state index is -0.806. The van der Waals surface area contributed by atoms with Gasteiger partial charge in [-0.15, -0.1) is 0 Å². The number of nitrogens with one attached hydrogen (secondary N) is 2. The van der Waals surface area contributed by atoms with Gasteiger partial charge in [0.25, 0.3) is 0 Å². The number of nitrogens with zero attached hydrogens (tertiary/aromatic N) is 1. The molecule has 0 heterocycles. The zero-order valence-corrected chi connectivity index (χ0v) is 16.1. The molecule has 0 radical (unpaired) electrons. The molecule has 0 bridgehead atoms. The summed E-state index contributed by atoms with van der Waals surface area (Å²) >= 11 is 0. The van der Waals surface area contributed by atoms with E-state index >= 15 is 0 Å². The summed E-state index contributed by atoms with van der Waals surface area (Å²) in [4.78, 5) is 23.3. The Hall–Kier alpha value is -3.15. The van der Waals surface area contributed by atoms with Crippen molar-refractivity contribution in [2.24, 2.45) is 5.10 Å². The van der Waals surface area contributed by atoms with Crippen molar-refractivity contribution in [2.45, 2.75) is 39.8 Å². The van der Waals surface area contributed by atoms with Gasteiger partial charge in [0.15, 0.2) is 0 Å². The third-order valence-electron chi connectivity index (χ3n) is 3.48. The molecular weight excluding hydrogens is 342 g/mol. The molecule has 0 aliphatic heterocycles. The van der Waals surface area contributed by atoms with Crippen molar-refractivity contribution in [3.05, 3.63) is 65.2 Å². The van der Waals surface area contributed by atoms with Crippen LogP contribution in [0.1, 0.15) is 37.5 Å². The molecule has 0 aliphatic carbocycles. The molecule has 27 heavy (non-hydrogen) atoms. The lowest BCUT2D eigenvalue weighted by molar-refractivity contribution is -0.140. The Morgan fingerprint density at radius 2 is 1.63 bits per heavy atom. The van der Waals surface area contributed by atoms with Gasteiger partial charge in [-0.3, -0.25) is 9.59 Å². The Bertz CT molecular complexity index is 804. The van der Waals surface area contributed by atoms with Crippen molar-refractivity contribution in [1.82, 2.24) is 10.7 Å². The van der Waals surface area contributed by atoms with E-state index < -0.39 is 17.4 Å². The highest BCUT2D eigenvalue weighted by Crippen LogP contribution is 2.14. The summed E-state index contributed by atoms with van der Waals surface area (Å²) < 4.78 is 5.74. The van der Waals surface area contributed by atoms with Crippen LogP contribution in [0.5, 0.6) is 5.75 Å². The van der Waals surface area contributed by atoms with Gasteiger partial charge in [-0.25, -0.2) is 5.43 Å². The van der Waals surface area contributed by atoms with Crippen LogP contribution >= 0.6 is 0 Å². The molecule has 0 fully saturated rings. The number of rotatable bonds is 5. The molecule has 2 amide bonds. The fourth-order valence-corrected chi connectivity index (χ4v) is 2.11. The zero-order valence-electron chi connectivity index (χ0n) is 16.1. The number of hydrogen-bond donors (Lipinski definition) is 2. The Morgan fingerprint density at radius 3 is 2.22 bits per heavy atom. The van der Waals surface area contributed by atoms with E-state index in [0.29, 0.717) is 6.61 Å². The first-order valence-electron chi connectivity index (χ1n) is 8.67. The van der Waals surface area contributed by atoms with Crippen LogP contribution in [0.4, 0.5) is 0 Å². The molecule has 2 aromatic carbocycles. The monoisotopic (exact) mass is 367 g/mol. The zero-order chi connectivity index (χ0) is 19.9. The maximum atomic E-state index is 11.6. The van der Waals surface area contributed by atoms with Crippen LogP contribution in [0.3, 0.4) is 0 Å². The maximum absolute atomic E-state index is 11.6. The lowest BCUT2D eigenvalue weighted by Crippen LogP contribution is -2.47. The molecule has 0 aliphatic rings. The SMILES string of the molecule is Cc1ccc(COc2ccc(/C=N\NC(=O)C(=O)NC(C)(C)C)cc2)cc1. The highest BCUT2D eigenvalue weighted by atomic mass is 16.5. The van der Waals surface area contributed by atoms with Gasteiger partial charge in [0.05, 0.1) is 6.21 Å². The van der Waals surface area contributed by atoms with E-state index in [9.17, 15) is 9.59 Å². The van der Waals surface area contributed by atoms with Gasteiger partial charge in [0.2, 0.25) is 0 Å². The van der Waals surface area contributed by atoms with E-state index in [1.165, 1.54) is 11.8 Å². The summed E-state index contributed by atoms with van der Waals surface area (Å²) in [5.74, 6) is -0.792. The molecule has 2 N–H and O–H groups in total. The van der Waals surface area contributed by atoms with Gasteiger partial charge in [0, 0.05) is 5.54 Å². The van der Waals surface area contributed by atoms with Crippen molar-refractivity contribution in [2.75, 3.05) is 0 Å². The molecule has 142 valence electrons. The molecule has 0 aromatic heterocycles. The fourth-order valence-electron chi connectivity index (χ4n) is 2.11. The Kier molecular flexibility index (Phi) is 6.71. The number of hydrazone groups is 1. The van der Waals surface area contributed by atoms with E-state index in [0.717, 1.165) is 16.9 Å². The lowest BCUT2D eigenvalue weighted by Gasteiger charge is -2.19. The quantitative estimate of drug-likeness (QED) is 0.484. The first-order valence-corrected chi connectivity index (χ1v) is 8.67. The van der Waals surface area contributed by atoms with Crippen LogP contribution in [0, 0.1) is 6.92 Å². The molecular formula is C21H25N3O3. The second-order valence-electron chi connectivity index (χ2n) is 7.25. The fraction of sp³-hybridized carbons (Fsp3) is 0.286. The third kappa shape index (κ3) is 7.32. The van der Waals surface area contributed by atoms with Crippen molar-refractivity contribution in [3.63, 3.8) is 0 Å². The summed E-state index contributed by atoms with van der Waals surface area (Å²) in [6.07, 6.45) is 1.46. The summed E-state index contributed by atoms with van der Waals surface area (Å²) in [5.41, 5.74) is 4.81. The number of amides is 2. The van der Waals surface area contributed by atoms with Gasteiger partial charge in [-0.2, -0.15) is 5.10 Å². The standard InChI is InChI=1S/C21H25N3O3/c1-15-5-7-17(8-6-15)14-27-18-11-9-16(10-12-18)13-22-24-20(26)19(25)23-21(2,3)4/h5-13H,14H2,1-4H3,(H,23,25)(H,24,26)/b22-13-. The van der Waals surface area contributed by atoms with Crippen molar-refractivity contribution in [3.8, 4) is 5.75 Å². The van der Waals surface area contributed by atoms with Crippen LogP contribution in [-0.2, 0) is 16.2 Å². The minimum Gasteiger partial charge on any atom is -0.489 e. The van der Waals surface area contributed by atoms with E-state index in [4.69, 9.17) is 4.74 Å². The van der Waals surface area contributed by atoms with Crippen LogP contribution in [-0.4, -0.2) is 23.6 Å². The third-order valence-corrected chi connectivity index (χ3v) is 3.48. The molecule has 6 heteroatoms. The first-order chi connectivity index (χ1) is 12.7. The van der Waals surface area contributed by atoms with Crippen molar-refractivity contribution >= 4 is 18.0 Å². The molecule has 0 saturated heterocycles. The number of carbonyl (C=O) groups excluding carboxylic acids is 2. The smallest absolute Gasteiger partial charge is 0.329 e. The maximum Gasteiger partial charge on any atom is 0.329 e. The van der Waals surface area contributed by atoms with E-state index in [2.05, 4.69) is 15.8 Å². The summed E-state index contributed by atoms with van der Waals surface area (Å²) in [6.45, 7) is 7.93. The molecule has 2 rings (SSSR count). The normalized spacial score (nSPS) is 11.3. The highest BCUT2D eigenvalue weighted by molar-refractivity contribution is 6.35. The van der Waals surface area contributed by atoms with Crippen molar-refractivity contribution in [1.29, 1.82) is 0 Å². The average molecular weight is 367 g/mol. The molecule has 6 nitrogen and oxygen atoms in total. The van der Waals surface area contributed by atoms with Crippen LogP contribution in [0.15, 0.2) is 53.6 Å². The number of ether oxygens (including phenoxy) is 1. The summed E-state index contributed by atoms with van der Waals surface area (Å²) in [7, 11) is 0. The van der Waals surface area contributed by atoms with Crippen LogP contribution < -0.4 is 15.5 Å². The summed E-state index contributed by atoms with van der Waals surface area (Å²) in [5, 5.41) is 6.36. The van der Waals surface area contributed by atoms with Crippen molar-refractivity contribution < 1.29 is 14.3 Å². The molecule has 0 spiro atoms. The van der Waals surface area contributed by atoms with Gasteiger partial charge in [0.1, 0.15) is 12.4 Å². The second-order valence-corrected chi connectivity index (χ2v) is 7.25. The van der Waals surface area contributed by atoms with Gasteiger partial charge < -0.3 is 10.1 Å². The lowest BCUT2D eigenvalue weighted by atomic mass is 10.1. The molecule has 2 aromatic rings. The Labute approximate surface area is 159 Å². The van der Waals surface area contributed by atoms with Crippen LogP contribution in [0.2, 0.25) is 0 Å². The highest BCUT2D eigenvalue weighted by Gasteiger charge is 2.19. The topological polar surface area (TPSA) is 79.8 Å². The van der Waals surface area contributed by atoms with E-state index in [1.807, 2.05) is 55.5 Å². The predicted molar refractivity (Wildman–Crippen MR) is 106 cm³/mol. The number of benzene rings is 2. The summed E-state index contributed by atoms with van der Waals surface area (Å²) in [6, 6.07) is 15.4. The first kappa shape index (κ1) is 20.2. The van der Waals surface area contributed by atoms with Gasteiger partial charge in [-0.1, -0.05) is 29.8 Å².